The van der Waals surface area contributed by atoms with E-state index in [9.17, 15) is 13.6 Å². The van der Waals surface area contributed by atoms with Crippen molar-refractivity contribution in [2.45, 2.75) is 38.8 Å². The second-order valence-electron chi connectivity index (χ2n) is 5.36. The molecule has 1 rings (SSSR count). The molecule has 0 fully saturated rings. The van der Waals surface area contributed by atoms with Crippen molar-refractivity contribution in [1.29, 1.82) is 0 Å². The van der Waals surface area contributed by atoms with Gasteiger partial charge in [0.2, 0.25) is 0 Å². The molecular weight excluding hydrogens is 366 g/mol. The third-order valence-corrected chi connectivity index (χ3v) is 3.76. The molecule has 1 aromatic carbocycles. The molecule has 146 valence electrons. The molecule has 0 amide bonds. The van der Waals surface area contributed by atoms with Crippen molar-refractivity contribution in [3.8, 4) is 11.5 Å². The Morgan fingerprint density at radius 3 is 2.58 bits per heavy atom. The van der Waals surface area contributed by atoms with Crippen LogP contribution in [0.5, 0.6) is 11.5 Å². The number of methoxy groups -OCH3 is 2. The smallest absolute Gasteiger partial charge is 0.387 e. The molecule has 1 aromatic rings. The maximum Gasteiger partial charge on any atom is 0.387 e. The third-order valence-electron chi connectivity index (χ3n) is 3.47. The molecule has 0 unspecified atom stereocenters. The predicted molar refractivity (Wildman–Crippen MR) is 97.6 cm³/mol. The van der Waals surface area contributed by atoms with Crippen LogP contribution >= 0.6 is 12.2 Å². The molecule has 0 radical (unpaired) electrons. The van der Waals surface area contributed by atoms with Crippen molar-refractivity contribution < 1.29 is 27.8 Å². The summed E-state index contributed by atoms with van der Waals surface area (Å²) in [5.74, 6) is 0.0172. The number of halogens is 2. The van der Waals surface area contributed by atoms with Crippen LogP contribution in [0.1, 0.15) is 31.2 Å². The number of carbonyl (C=O) groups excluding carboxylic acids is 1. The number of hydrogen-bond acceptors (Lipinski definition) is 5. The second-order valence-corrected chi connectivity index (χ2v) is 5.77. The fourth-order valence-corrected chi connectivity index (χ4v) is 2.31. The van der Waals surface area contributed by atoms with Crippen molar-refractivity contribution in [3.63, 3.8) is 0 Å². The zero-order valence-corrected chi connectivity index (χ0v) is 15.7. The topological polar surface area (TPSA) is 68.8 Å². The minimum Gasteiger partial charge on any atom is -0.493 e. The van der Waals surface area contributed by atoms with Crippen molar-refractivity contribution in [3.05, 3.63) is 23.8 Å². The average Bonchev–Trinajstić information content (AvgIpc) is 2.62. The van der Waals surface area contributed by atoms with E-state index >= 15 is 0 Å². The predicted octanol–water partition coefficient (Wildman–Crippen LogP) is 2.99. The maximum absolute atomic E-state index is 12.3. The number of thiocarbonyl (C=S) groups is 1. The van der Waals surface area contributed by atoms with Crippen LogP contribution in [0.3, 0.4) is 0 Å². The van der Waals surface area contributed by atoms with Gasteiger partial charge in [0.25, 0.3) is 0 Å². The SMILES string of the molecule is COC(=O)CCCCCNC(=S)NCc1ccc(OC(F)F)c(OC)c1. The average molecular weight is 390 g/mol. The summed E-state index contributed by atoms with van der Waals surface area (Å²) in [6.07, 6.45) is 2.98. The van der Waals surface area contributed by atoms with E-state index in [0.717, 1.165) is 24.8 Å². The third kappa shape index (κ3) is 8.80. The van der Waals surface area contributed by atoms with Gasteiger partial charge in [-0.15, -0.1) is 0 Å². The van der Waals surface area contributed by atoms with Crippen LogP contribution in [-0.2, 0) is 16.1 Å². The molecule has 0 atom stereocenters. The van der Waals surface area contributed by atoms with Gasteiger partial charge in [-0.05, 0) is 42.8 Å². The molecule has 26 heavy (non-hydrogen) atoms. The Morgan fingerprint density at radius 1 is 1.15 bits per heavy atom. The first-order valence-corrected chi connectivity index (χ1v) is 8.57. The zero-order chi connectivity index (χ0) is 19.4. The molecule has 0 bridgehead atoms. The number of unbranched alkanes of at least 4 members (excludes halogenated alkanes) is 2. The number of benzene rings is 1. The van der Waals surface area contributed by atoms with Crippen LogP contribution < -0.4 is 20.1 Å². The normalized spacial score (nSPS) is 10.3. The lowest BCUT2D eigenvalue weighted by Crippen LogP contribution is -2.35. The first kappa shape index (κ1) is 21.9. The van der Waals surface area contributed by atoms with Gasteiger partial charge in [-0.2, -0.15) is 8.78 Å². The number of hydrogen-bond donors (Lipinski definition) is 2. The zero-order valence-electron chi connectivity index (χ0n) is 14.8. The van der Waals surface area contributed by atoms with Gasteiger partial charge in [0.1, 0.15) is 0 Å². The van der Waals surface area contributed by atoms with E-state index in [2.05, 4.69) is 20.1 Å². The van der Waals surface area contributed by atoms with Crippen molar-refractivity contribution >= 4 is 23.3 Å². The Bertz CT molecular complexity index is 588. The molecule has 0 aromatic heterocycles. The molecule has 0 aliphatic carbocycles. The minimum absolute atomic E-state index is 0.0149. The number of esters is 1. The summed E-state index contributed by atoms with van der Waals surface area (Å²) < 4.78 is 38.6. The van der Waals surface area contributed by atoms with Gasteiger partial charge < -0.3 is 24.8 Å². The van der Waals surface area contributed by atoms with Crippen LogP contribution in [0.15, 0.2) is 18.2 Å². The Morgan fingerprint density at radius 2 is 1.92 bits per heavy atom. The van der Waals surface area contributed by atoms with Gasteiger partial charge in [0.05, 0.1) is 14.2 Å². The lowest BCUT2D eigenvalue weighted by molar-refractivity contribution is -0.140. The van der Waals surface area contributed by atoms with Crippen molar-refractivity contribution in [1.82, 2.24) is 10.6 Å². The van der Waals surface area contributed by atoms with Gasteiger partial charge >= 0.3 is 12.6 Å². The largest absolute Gasteiger partial charge is 0.493 e. The lowest BCUT2D eigenvalue weighted by atomic mass is 10.2. The molecule has 6 nitrogen and oxygen atoms in total. The Kier molecular flexibility index (Phi) is 10.3. The van der Waals surface area contributed by atoms with Crippen LogP contribution in [0, 0.1) is 0 Å². The molecule has 0 aliphatic heterocycles. The molecule has 0 heterocycles. The molecule has 0 spiro atoms. The van der Waals surface area contributed by atoms with E-state index in [-0.39, 0.29) is 17.5 Å². The number of alkyl halides is 2. The lowest BCUT2D eigenvalue weighted by Gasteiger charge is -2.13. The number of rotatable bonds is 11. The first-order valence-electron chi connectivity index (χ1n) is 8.16. The van der Waals surface area contributed by atoms with Gasteiger partial charge in [-0.3, -0.25) is 4.79 Å². The highest BCUT2D eigenvalue weighted by Gasteiger charge is 2.11. The fraction of sp³-hybridized carbons (Fsp3) is 0.529. The van der Waals surface area contributed by atoms with Gasteiger partial charge in [0.15, 0.2) is 16.6 Å². The first-order chi connectivity index (χ1) is 12.5. The quantitative estimate of drug-likeness (QED) is 0.342. The summed E-state index contributed by atoms with van der Waals surface area (Å²) in [6, 6.07) is 4.70. The van der Waals surface area contributed by atoms with Crippen LogP contribution in [0.2, 0.25) is 0 Å². The summed E-state index contributed by atoms with van der Waals surface area (Å²) in [4.78, 5) is 11.0. The van der Waals surface area contributed by atoms with E-state index in [1.165, 1.54) is 20.3 Å². The maximum atomic E-state index is 12.3. The summed E-state index contributed by atoms with van der Waals surface area (Å²) in [6.45, 7) is -1.80. The van der Waals surface area contributed by atoms with E-state index in [1.54, 1.807) is 12.1 Å². The van der Waals surface area contributed by atoms with Gasteiger partial charge in [-0.25, -0.2) is 0 Å². The highest BCUT2D eigenvalue weighted by molar-refractivity contribution is 7.80. The molecule has 2 N–H and O–H groups in total. The summed E-state index contributed by atoms with van der Waals surface area (Å²) in [5.41, 5.74) is 0.811. The molecule has 0 saturated heterocycles. The van der Waals surface area contributed by atoms with Crippen molar-refractivity contribution in [2.24, 2.45) is 0 Å². The second kappa shape index (κ2) is 12.2. The van der Waals surface area contributed by atoms with Crippen molar-refractivity contribution in [2.75, 3.05) is 20.8 Å². The summed E-state index contributed by atoms with van der Waals surface area (Å²) in [7, 11) is 2.76. The van der Waals surface area contributed by atoms with Crippen LogP contribution in [0.4, 0.5) is 8.78 Å². The molecule has 0 aliphatic rings. The van der Waals surface area contributed by atoms with Crippen LogP contribution in [0.25, 0.3) is 0 Å². The minimum atomic E-state index is -2.91. The Hall–Kier alpha value is -2.16. The molecule has 9 heteroatoms. The van der Waals surface area contributed by atoms with E-state index in [1.807, 2.05) is 0 Å². The summed E-state index contributed by atoms with van der Waals surface area (Å²) >= 11 is 5.18. The number of ether oxygens (including phenoxy) is 3. The fourth-order valence-electron chi connectivity index (χ4n) is 2.14. The van der Waals surface area contributed by atoms with Crippen LogP contribution in [-0.4, -0.2) is 38.5 Å². The van der Waals surface area contributed by atoms with Gasteiger partial charge in [0, 0.05) is 19.5 Å². The monoisotopic (exact) mass is 390 g/mol. The number of nitrogens with one attached hydrogen (secondary N) is 2. The van der Waals surface area contributed by atoms with E-state index in [0.29, 0.717) is 24.6 Å². The summed E-state index contributed by atoms with van der Waals surface area (Å²) in [5, 5.41) is 6.59. The highest BCUT2D eigenvalue weighted by atomic mass is 32.1. The van der Waals surface area contributed by atoms with E-state index in [4.69, 9.17) is 17.0 Å². The molecular formula is C17H24F2N2O4S. The molecule has 0 saturated carbocycles. The standard InChI is InChI=1S/C17H24F2N2O4S/c1-23-14-10-12(7-8-13(14)25-16(18)19)11-21-17(26)20-9-5-3-4-6-15(22)24-2/h7-8,10,16H,3-6,9,11H2,1-2H3,(H2,20,21,26). The Balaban J connectivity index is 2.28. The Labute approximate surface area is 157 Å². The van der Waals surface area contributed by atoms with Gasteiger partial charge in [-0.1, -0.05) is 12.5 Å². The highest BCUT2D eigenvalue weighted by Crippen LogP contribution is 2.29. The number of carbonyl (C=O) groups is 1. The van der Waals surface area contributed by atoms with E-state index < -0.39 is 6.61 Å².